The minimum atomic E-state index is -4.47. The third-order valence-electron chi connectivity index (χ3n) is 4.51. The molecule has 0 aromatic carbocycles. The van der Waals surface area contributed by atoms with Crippen LogP contribution in [-0.2, 0) is 17.5 Å². The van der Waals surface area contributed by atoms with E-state index in [4.69, 9.17) is 0 Å². The van der Waals surface area contributed by atoms with Crippen LogP contribution < -0.4 is 5.32 Å². The number of nitrogens with one attached hydrogen (secondary N) is 1. The van der Waals surface area contributed by atoms with Gasteiger partial charge in [0.1, 0.15) is 11.2 Å². The molecule has 0 bridgehead atoms. The molecule has 0 aliphatic heterocycles. The van der Waals surface area contributed by atoms with Gasteiger partial charge in [-0.2, -0.15) is 13.2 Å². The van der Waals surface area contributed by atoms with Crippen molar-refractivity contribution >= 4 is 22.9 Å². The average molecular weight is 419 g/mol. The molecular formula is C21H24F3N5O. The van der Waals surface area contributed by atoms with Gasteiger partial charge in [-0.15, -0.1) is 0 Å². The summed E-state index contributed by atoms with van der Waals surface area (Å²) in [7, 11) is 0. The molecule has 0 atom stereocenters. The quantitative estimate of drug-likeness (QED) is 0.654. The lowest BCUT2D eigenvalue weighted by Gasteiger charge is -2.17. The fourth-order valence-electron chi connectivity index (χ4n) is 3.10. The summed E-state index contributed by atoms with van der Waals surface area (Å²) < 4.78 is 40.0. The van der Waals surface area contributed by atoms with Gasteiger partial charge >= 0.3 is 6.18 Å². The van der Waals surface area contributed by atoms with Crippen LogP contribution in [0.5, 0.6) is 0 Å². The number of nitrogens with zero attached hydrogens (tertiary/aromatic N) is 4. The molecule has 0 saturated heterocycles. The van der Waals surface area contributed by atoms with Crippen LogP contribution in [0.4, 0.5) is 19.0 Å². The maximum atomic E-state index is 12.7. The van der Waals surface area contributed by atoms with Gasteiger partial charge in [-0.3, -0.25) is 9.78 Å². The number of pyridine rings is 1. The van der Waals surface area contributed by atoms with Gasteiger partial charge in [-0.25, -0.2) is 9.97 Å². The Bertz CT molecular complexity index is 1080. The van der Waals surface area contributed by atoms with E-state index >= 15 is 0 Å². The highest BCUT2D eigenvalue weighted by atomic mass is 19.4. The molecular weight excluding hydrogens is 395 g/mol. The second kappa shape index (κ2) is 7.70. The Labute approximate surface area is 172 Å². The van der Waals surface area contributed by atoms with E-state index in [1.807, 2.05) is 38.3 Å². The van der Waals surface area contributed by atoms with Gasteiger partial charge in [0, 0.05) is 18.3 Å². The molecule has 160 valence electrons. The van der Waals surface area contributed by atoms with E-state index < -0.39 is 11.9 Å². The smallest absolute Gasteiger partial charge is 0.324 e. The van der Waals surface area contributed by atoms with Crippen molar-refractivity contribution in [2.24, 2.45) is 5.41 Å². The summed E-state index contributed by atoms with van der Waals surface area (Å²) in [5, 5.41) is 2.82. The summed E-state index contributed by atoms with van der Waals surface area (Å²) in [4.78, 5) is 24.9. The molecule has 0 aliphatic carbocycles. The molecule has 3 heterocycles. The number of alkyl halides is 3. The highest BCUT2D eigenvalue weighted by Crippen LogP contribution is 2.28. The third kappa shape index (κ3) is 4.95. The molecule has 3 rings (SSSR count). The Morgan fingerprint density at radius 1 is 1.13 bits per heavy atom. The summed E-state index contributed by atoms with van der Waals surface area (Å²) in [6.45, 7) is 9.87. The highest BCUT2D eigenvalue weighted by molar-refractivity contribution is 5.91. The molecule has 0 saturated carbocycles. The van der Waals surface area contributed by atoms with Crippen LogP contribution in [0, 0.1) is 19.3 Å². The Balaban J connectivity index is 1.88. The number of aryl methyl sites for hydroxylation is 2. The van der Waals surface area contributed by atoms with Gasteiger partial charge in [-0.1, -0.05) is 26.8 Å². The first-order valence-corrected chi connectivity index (χ1v) is 9.50. The molecule has 3 aromatic heterocycles. The average Bonchev–Trinajstić information content (AvgIpc) is 2.88. The van der Waals surface area contributed by atoms with E-state index in [2.05, 4.69) is 20.3 Å². The molecule has 0 unspecified atom stereocenters. The predicted octanol–water partition coefficient (Wildman–Crippen LogP) is 4.88. The predicted molar refractivity (Wildman–Crippen MR) is 108 cm³/mol. The van der Waals surface area contributed by atoms with Gasteiger partial charge in [0.15, 0.2) is 11.5 Å². The molecule has 6 nitrogen and oxygen atoms in total. The van der Waals surface area contributed by atoms with Gasteiger partial charge in [-0.05, 0) is 37.0 Å². The number of halogens is 3. The van der Waals surface area contributed by atoms with Crippen molar-refractivity contribution in [2.75, 3.05) is 5.32 Å². The van der Waals surface area contributed by atoms with E-state index in [-0.39, 0.29) is 11.3 Å². The largest absolute Gasteiger partial charge is 0.433 e. The van der Waals surface area contributed by atoms with Crippen molar-refractivity contribution in [2.45, 2.75) is 53.8 Å². The number of hydrogen-bond acceptors (Lipinski definition) is 4. The van der Waals surface area contributed by atoms with Crippen LogP contribution in [0.25, 0.3) is 11.2 Å². The van der Waals surface area contributed by atoms with Gasteiger partial charge < -0.3 is 9.88 Å². The van der Waals surface area contributed by atoms with Crippen LogP contribution in [0.1, 0.15) is 49.8 Å². The van der Waals surface area contributed by atoms with Crippen molar-refractivity contribution < 1.29 is 18.0 Å². The van der Waals surface area contributed by atoms with Crippen molar-refractivity contribution in [3.63, 3.8) is 0 Å². The van der Waals surface area contributed by atoms with E-state index in [0.717, 1.165) is 11.8 Å². The van der Waals surface area contributed by atoms with E-state index in [1.54, 1.807) is 6.92 Å². The zero-order chi connectivity index (χ0) is 22.3. The molecule has 0 fully saturated rings. The molecule has 30 heavy (non-hydrogen) atoms. The number of anilines is 1. The molecule has 1 N–H and O–H groups in total. The lowest BCUT2D eigenvalue weighted by Crippen LogP contribution is -2.21. The van der Waals surface area contributed by atoms with Crippen molar-refractivity contribution in [3.8, 4) is 0 Å². The van der Waals surface area contributed by atoms with Crippen LogP contribution >= 0.6 is 0 Å². The van der Waals surface area contributed by atoms with Gasteiger partial charge in [0.25, 0.3) is 0 Å². The van der Waals surface area contributed by atoms with Gasteiger partial charge in [0.05, 0.1) is 12.2 Å². The Morgan fingerprint density at radius 2 is 1.83 bits per heavy atom. The lowest BCUT2D eigenvalue weighted by molar-refractivity contribution is -0.141. The first-order chi connectivity index (χ1) is 13.8. The minimum Gasteiger partial charge on any atom is -0.324 e. The standard InChI is InChI=1S/C21H24F3N5O/c1-12-8-15-19(26-13(2)18(27-15)28-17(30)9-20(3,4)5)29(12)11-14-6-7-16(25-10-14)21(22,23)24/h6-8,10H,9,11H2,1-5H3,(H,27,28,30). The van der Waals surface area contributed by atoms with Crippen molar-refractivity contribution in [1.29, 1.82) is 0 Å². The molecule has 0 radical (unpaired) electrons. The number of carbonyl (C=O) groups is 1. The van der Waals surface area contributed by atoms with Crippen LogP contribution in [0.2, 0.25) is 0 Å². The summed E-state index contributed by atoms with van der Waals surface area (Å²) in [5.74, 6) is 0.274. The minimum absolute atomic E-state index is 0.133. The Kier molecular flexibility index (Phi) is 5.58. The number of hydrogen-bond donors (Lipinski definition) is 1. The maximum Gasteiger partial charge on any atom is 0.433 e. The first-order valence-electron chi connectivity index (χ1n) is 9.50. The van der Waals surface area contributed by atoms with E-state index in [1.165, 1.54) is 12.3 Å². The number of aromatic nitrogens is 4. The zero-order valence-corrected chi connectivity index (χ0v) is 17.6. The SMILES string of the molecule is Cc1nc2c(cc(C)n2Cc2ccc(C(F)(F)F)nc2)nc1NC(=O)CC(C)(C)C. The Morgan fingerprint density at radius 3 is 2.40 bits per heavy atom. The maximum absolute atomic E-state index is 12.7. The topological polar surface area (TPSA) is 72.7 Å². The Hall–Kier alpha value is -2.97. The monoisotopic (exact) mass is 419 g/mol. The molecule has 9 heteroatoms. The van der Waals surface area contributed by atoms with E-state index in [0.29, 0.717) is 41.2 Å². The number of amides is 1. The van der Waals surface area contributed by atoms with Gasteiger partial charge in [0.2, 0.25) is 5.91 Å². The summed E-state index contributed by atoms with van der Waals surface area (Å²) in [5.41, 5.74) is 2.16. The van der Waals surface area contributed by atoms with E-state index in [9.17, 15) is 18.0 Å². The van der Waals surface area contributed by atoms with Crippen LogP contribution in [-0.4, -0.2) is 25.4 Å². The molecule has 1 amide bonds. The zero-order valence-electron chi connectivity index (χ0n) is 17.6. The van der Waals surface area contributed by atoms with Crippen LogP contribution in [0.3, 0.4) is 0 Å². The second-order valence-electron chi connectivity index (χ2n) is 8.57. The molecule has 0 spiro atoms. The second-order valence-corrected chi connectivity index (χ2v) is 8.57. The molecule has 0 aliphatic rings. The fraction of sp³-hybridized carbons (Fsp3) is 0.429. The third-order valence-corrected chi connectivity index (χ3v) is 4.51. The summed E-state index contributed by atoms with van der Waals surface area (Å²) in [6, 6.07) is 4.21. The normalized spacial score (nSPS) is 12.4. The number of fused-ring (bicyclic) bond motifs is 1. The number of carbonyl (C=O) groups excluding carboxylic acids is 1. The fourth-order valence-corrected chi connectivity index (χ4v) is 3.10. The lowest BCUT2D eigenvalue weighted by atomic mass is 9.92. The number of rotatable bonds is 4. The van der Waals surface area contributed by atoms with Crippen molar-refractivity contribution in [1.82, 2.24) is 19.5 Å². The highest BCUT2D eigenvalue weighted by Gasteiger charge is 2.32. The first kappa shape index (κ1) is 21.7. The summed E-state index contributed by atoms with van der Waals surface area (Å²) in [6.07, 6.45) is -2.90. The van der Waals surface area contributed by atoms with Crippen molar-refractivity contribution in [3.05, 3.63) is 47.0 Å². The van der Waals surface area contributed by atoms with Crippen LogP contribution in [0.15, 0.2) is 24.4 Å². The summed E-state index contributed by atoms with van der Waals surface area (Å²) >= 11 is 0. The molecule has 3 aromatic rings.